The van der Waals surface area contributed by atoms with E-state index in [1.807, 2.05) is 42.3 Å². The van der Waals surface area contributed by atoms with E-state index in [0.29, 0.717) is 18.2 Å². The first kappa shape index (κ1) is 17.3. The summed E-state index contributed by atoms with van der Waals surface area (Å²) in [4.78, 5) is 13.9. The van der Waals surface area contributed by atoms with Crippen molar-refractivity contribution in [2.45, 2.75) is 6.42 Å². The summed E-state index contributed by atoms with van der Waals surface area (Å²) in [5, 5.41) is 3.50. The Labute approximate surface area is 142 Å². The monoisotopic (exact) mass is 332 g/mol. The standard InChI is InChI=1S/C18H21ClN2O2/c1-21(12-5-13-23-17-6-3-2-4-7-17)14-18(22)20-16-10-8-15(19)9-11-16/h2-4,6-11H,5,12-14H2,1H3,(H,20,22). The zero-order valence-corrected chi connectivity index (χ0v) is 13.9. The quantitative estimate of drug-likeness (QED) is 0.750. The minimum Gasteiger partial charge on any atom is -0.494 e. The highest BCUT2D eigenvalue weighted by molar-refractivity contribution is 6.30. The van der Waals surface area contributed by atoms with E-state index in [2.05, 4.69) is 5.32 Å². The summed E-state index contributed by atoms with van der Waals surface area (Å²) >= 11 is 5.81. The number of carbonyl (C=O) groups is 1. The van der Waals surface area contributed by atoms with E-state index in [1.165, 1.54) is 0 Å². The Morgan fingerprint density at radius 3 is 2.52 bits per heavy atom. The van der Waals surface area contributed by atoms with Gasteiger partial charge in [-0.05, 0) is 49.9 Å². The Bertz CT molecular complexity index is 602. The van der Waals surface area contributed by atoms with Crippen LogP contribution in [0.1, 0.15) is 6.42 Å². The average Bonchev–Trinajstić information content (AvgIpc) is 2.55. The van der Waals surface area contributed by atoms with Gasteiger partial charge < -0.3 is 10.1 Å². The minimum atomic E-state index is -0.0428. The first-order valence-corrected chi connectivity index (χ1v) is 7.93. The fourth-order valence-corrected chi connectivity index (χ4v) is 2.23. The molecule has 0 saturated heterocycles. The van der Waals surface area contributed by atoms with Gasteiger partial charge in [-0.25, -0.2) is 0 Å². The Morgan fingerprint density at radius 2 is 1.83 bits per heavy atom. The number of hydrogen-bond acceptors (Lipinski definition) is 3. The number of halogens is 1. The van der Waals surface area contributed by atoms with Crippen LogP contribution in [0.15, 0.2) is 54.6 Å². The summed E-state index contributed by atoms with van der Waals surface area (Å²) < 4.78 is 5.63. The van der Waals surface area contributed by atoms with Gasteiger partial charge in [0.05, 0.1) is 13.2 Å². The number of para-hydroxylation sites is 1. The lowest BCUT2D eigenvalue weighted by Gasteiger charge is -2.16. The number of hydrogen-bond donors (Lipinski definition) is 1. The van der Waals surface area contributed by atoms with Gasteiger partial charge in [0.25, 0.3) is 0 Å². The Kier molecular flexibility index (Phi) is 6.91. The van der Waals surface area contributed by atoms with Gasteiger partial charge in [0.2, 0.25) is 5.91 Å². The van der Waals surface area contributed by atoms with Crippen LogP contribution in [0.4, 0.5) is 5.69 Å². The molecule has 4 nitrogen and oxygen atoms in total. The van der Waals surface area contributed by atoms with Gasteiger partial charge in [-0.1, -0.05) is 29.8 Å². The van der Waals surface area contributed by atoms with Crippen molar-refractivity contribution in [3.05, 3.63) is 59.6 Å². The van der Waals surface area contributed by atoms with Gasteiger partial charge in [-0.2, -0.15) is 0 Å². The fourth-order valence-electron chi connectivity index (χ4n) is 2.10. The van der Waals surface area contributed by atoms with E-state index in [1.54, 1.807) is 24.3 Å². The molecule has 2 aromatic carbocycles. The second-order valence-corrected chi connectivity index (χ2v) is 5.74. The molecule has 1 N–H and O–H groups in total. The molecule has 0 aliphatic heterocycles. The maximum absolute atomic E-state index is 11.9. The zero-order valence-electron chi connectivity index (χ0n) is 13.2. The molecule has 0 heterocycles. The molecular formula is C18H21ClN2O2. The van der Waals surface area contributed by atoms with E-state index < -0.39 is 0 Å². The van der Waals surface area contributed by atoms with Crippen molar-refractivity contribution in [2.75, 3.05) is 32.1 Å². The van der Waals surface area contributed by atoms with Crippen molar-refractivity contribution in [1.82, 2.24) is 4.90 Å². The molecule has 0 atom stereocenters. The zero-order chi connectivity index (χ0) is 16.5. The van der Waals surface area contributed by atoms with Crippen LogP contribution >= 0.6 is 11.6 Å². The second-order valence-electron chi connectivity index (χ2n) is 5.31. The van der Waals surface area contributed by atoms with Gasteiger partial charge in [-0.15, -0.1) is 0 Å². The van der Waals surface area contributed by atoms with Crippen molar-refractivity contribution in [3.63, 3.8) is 0 Å². The number of rotatable bonds is 8. The first-order chi connectivity index (χ1) is 11.1. The number of nitrogens with zero attached hydrogens (tertiary/aromatic N) is 1. The molecule has 1 amide bonds. The van der Waals surface area contributed by atoms with E-state index >= 15 is 0 Å². The molecule has 5 heteroatoms. The van der Waals surface area contributed by atoms with Crippen LogP contribution in [0.5, 0.6) is 5.75 Å². The lowest BCUT2D eigenvalue weighted by molar-refractivity contribution is -0.117. The maximum atomic E-state index is 11.9. The van der Waals surface area contributed by atoms with Crippen LogP contribution in [0.2, 0.25) is 5.02 Å². The lowest BCUT2D eigenvalue weighted by atomic mass is 10.3. The SMILES string of the molecule is CN(CCCOc1ccccc1)CC(=O)Nc1ccc(Cl)cc1. The number of likely N-dealkylation sites (N-methyl/N-ethyl adjacent to an activating group) is 1. The molecule has 0 aliphatic carbocycles. The summed E-state index contributed by atoms with van der Waals surface area (Å²) in [6.45, 7) is 1.77. The molecule has 0 spiro atoms. The third-order valence-corrected chi connectivity index (χ3v) is 3.49. The summed E-state index contributed by atoms with van der Waals surface area (Å²) in [6.07, 6.45) is 0.861. The molecule has 0 saturated carbocycles. The fraction of sp³-hybridized carbons (Fsp3) is 0.278. The molecule has 122 valence electrons. The van der Waals surface area contributed by atoms with Gasteiger partial charge in [0.1, 0.15) is 5.75 Å². The number of anilines is 1. The molecule has 2 aromatic rings. The smallest absolute Gasteiger partial charge is 0.238 e. The Hall–Kier alpha value is -2.04. The third kappa shape index (κ3) is 6.72. The highest BCUT2D eigenvalue weighted by Gasteiger charge is 2.07. The average molecular weight is 333 g/mol. The first-order valence-electron chi connectivity index (χ1n) is 7.55. The van der Waals surface area contributed by atoms with Crippen LogP contribution in [-0.2, 0) is 4.79 Å². The predicted molar refractivity (Wildman–Crippen MR) is 94.1 cm³/mol. The third-order valence-electron chi connectivity index (χ3n) is 3.24. The normalized spacial score (nSPS) is 10.6. The molecule has 0 fully saturated rings. The van der Waals surface area contributed by atoms with Crippen LogP contribution in [-0.4, -0.2) is 37.6 Å². The van der Waals surface area contributed by atoms with Crippen LogP contribution in [0.3, 0.4) is 0 Å². The van der Waals surface area contributed by atoms with Crippen molar-refractivity contribution in [1.29, 1.82) is 0 Å². The number of carbonyl (C=O) groups excluding carboxylic acids is 1. The van der Waals surface area contributed by atoms with E-state index in [-0.39, 0.29) is 5.91 Å². The molecule has 0 aromatic heterocycles. The van der Waals surface area contributed by atoms with Gasteiger partial charge in [0, 0.05) is 17.3 Å². The van der Waals surface area contributed by atoms with E-state index in [0.717, 1.165) is 24.4 Å². The molecule has 0 bridgehead atoms. The largest absolute Gasteiger partial charge is 0.494 e. The van der Waals surface area contributed by atoms with Crippen LogP contribution < -0.4 is 10.1 Å². The number of nitrogens with one attached hydrogen (secondary N) is 1. The molecular weight excluding hydrogens is 312 g/mol. The Morgan fingerprint density at radius 1 is 1.13 bits per heavy atom. The van der Waals surface area contributed by atoms with Crippen LogP contribution in [0, 0.1) is 0 Å². The van der Waals surface area contributed by atoms with Gasteiger partial charge in [0.15, 0.2) is 0 Å². The van der Waals surface area contributed by atoms with Gasteiger partial charge in [-0.3, -0.25) is 9.69 Å². The minimum absolute atomic E-state index is 0.0428. The predicted octanol–water partition coefficient (Wildman–Crippen LogP) is 3.68. The van der Waals surface area contributed by atoms with Crippen molar-refractivity contribution >= 4 is 23.2 Å². The highest BCUT2D eigenvalue weighted by Crippen LogP contribution is 2.13. The molecule has 0 unspecified atom stereocenters. The van der Waals surface area contributed by atoms with E-state index in [9.17, 15) is 4.79 Å². The Balaban J connectivity index is 1.63. The van der Waals surface area contributed by atoms with Crippen molar-refractivity contribution in [3.8, 4) is 5.75 Å². The van der Waals surface area contributed by atoms with Gasteiger partial charge >= 0.3 is 0 Å². The summed E-state index contributed by atoms with van der Waals surface area (Å²) in [5.41, 5.74) is 0.750. The molecule has 0 aliphatic rings. The van der Waals surface area contributed by atoms with Crippen LogP contribution in [0.25, 0.3) is 0 Å². The van der Waals surface area contributed by atoms with E-state index in [4.69, 9.17) is 16.3 Å². The highest BCUT2D eigenvalue weighted by atomic mass is 35.5. The lowest BCUT2D eigenvalue weighted by Crippen LogP contribution is -2.31. The maximum Gasteiger partial charge on any atom is 0.238 e. The molecule has 2 rings (SSSR count). The number of benzene rings is 2. The molecule has 0 radical (unpaired) electrons. The number of ether oxygens (including phenoxy) is 1. The summed E-state index contributed by atoms with van der Waals surface area (Å²) in [5.74, 6) is 0.828. The summed E-state index contributed by atoms with van der Waals surface area (Å²) in [7, 11) is 1.92. The molecule has 23 heavy (non-hydrogen) atoms. The number of amides is 1. The van der Waals surface area contributed by atoms with Crippen molar-refractivity contribution < 1.29 is 9.53 Å². The summed E-state index contributed by atoms with van der Waals surface area (Å²) in [6, 6.07) is 16.8. The second kappa shape index (κ2) is 9.18. The van der Waals surface area contributed by atoms with Crippen molar-refractivity contribution in [2.24, 2.45) is 0 Å². The topological polar surface area (TPSA) is 41.6 Å².